The lowest BCUT2D eigenvalue weighted by Gasteiger charge is -2.29. The molecule has 0 spiro atoms. The van der Waals surface area contributed by atoms with Crippen molar-refractivity contribution < 1.29 is 9.47 Å². The zero-order valence-corrected chi connectivity index (χ0v) is 13.6. The largest absolute Gasteiger partial charge is 0.496 e. The number of rotatable bonds is 7. The highest BCUT2D eigenvalue weighted by Gasteiger charge is 2.22. The van der Waals surface area contributed by atoms with E-state index in [-0.39, 0.29) is 6.04 Å². The zero-order chi connectivity index (χ0) is 15.1. The van der Waals surface area contributed by atoms with Crippen molar-refractivity contribution in [2.75, 3.05) is 20.3 Å². The third-order valence-corrected chi connectivity index (χ3v) is 4.35. The second-order valence-corrected chi connectivity index (χ2v) is 6.08. The van der Waals surface area contributed by atoms with Gasteiger partial charge in [0, 0.05) is 5.56 Å². The van der Waals surface area contributed by atoms with Gasteiger partial charge in [0.25, 0.3) is 0 Å². The van der Waals surface area contributed by atoms with Gasteiger partial charge in [0.15, 0.2) is 0 Å². The van der Waals surface area contributed by atoms with Crippen LogP contribution in [0.5, 0.6) is 5.75 Å². The molecular formula is C18H29NO2. The summed E-state index contributed by atoms with van der Waals surface area (Å²) in [5.41, 5.74) is 1.19. The summed E-state index contributed by atoms with van der Waals surface area (Å²) >= 11 is 0. The lowest BCUT2D eigenvalue weighted by molar-refractivity contribution is 0.00391. The summed E-state index contributed by atoms with van der Waals surface area (Å²) in [4.78, 5) is 0. The molecule has 0 radical (unpaired) electrons. The Labute approximate surface area is 129 Å². The first kappa shape index (κ1) is 16.3. The Morgan fingerprint density at radius 1 is 1.29 bits per heavy atom. The molecule has 1 fully saturated rings. The molecule has 0 aliphatic heterocycles. The van der Waals surface area contributed by atoms with Crippen molar-refractivity contribution in [1.82, 2.24) is 5.32 Å². The average molecular weight is 291 g/mol. The predicted octanol–water partition coefficient (Wildman–Crippen LogP) is 3.94. The maximum Gasteiger partial charge on any atom is 0.123 e. The van der Waals surface area contributed by atoms with Gasteiger partial charge in [0.1, 0.15) is 5.75 Å². The van der Waals surface area contributed by atoms with E-state index in [1.807, 2.05) is 12.1 Å². The van der Waals surface area contributed by atoms with Crippen molar-refractivity contribution in [2.45, 2.75) is 51.7 Å². The molecule has 0 saturated heterocycles. The van der Waals surface area contributed by atoms with Gasteiger partial charge in [-0.2, -0.15) is 0 Å². The van der Waals surface area contributed by atoms with Gasteiger partial charge < -0.3 is 14.8 Å². The smallest absolute Gasteiger partial charge is 0.123 e. The number of benzene rings is 1. The van der Waals surface area contributed by atoms with Gasteiger partial charge in [-0.15, -0.1) is 0 Å². The van der Waals surface area contributed by atoms with Crippen molar-refractivity contribution in [3.8, 4) is 5.75 Å². The van der Waals surface area contributed by atoms with Gasteiger partial charge in [-0.25, -0.2) is 0 Å². The normalized spacial score (nSPS) is 23.8. The Balaban J connectivity index is 1.98. The summed E-state index contributed by atoms with van der Waals surface area (Å²) in [6, 6.07) is 8.41. The Bertz CT molecular complexity index is 421. The molecule has 1 N–H and O–H groups in total. The molecule has 3 heteroatoms. The summed E-state index contributed by atoms with van der Waals surface area (Å²) in [5, 5.41) is 3.52. The number of hydrogen-bond acceptors (Lipinski definition) is 3. The molecule has 2 rings (SSSR count). The lowest BCUT2D eigenvalue weighted by atomic mass is 9.88. The summed E-state index contributed by atoms with van der Waals surface area (Å²) < 4.78 is 11.7. The van der Waals surface area contributed by atoms with Crippen LogP contribution in [0, 0.1) is 5.92 Å². The van der Waals surface area contributed by atoms with E-state index in [1.165, 1.54) is 31.2 Å². The van der Waals surface area contributed by atoms with Crippen LogP contribution in [-0.2, 0) is 4.74 Å². The molecular weight excluding hydrogens is 262 g/mol. The van der Waals surface area contributed by atoms with E-state index in [4.69, 9.17) is 9.47 Å². The van der Waals surface area contributed by atoms with E-state index in [1.54, 1.807) is 7.11 Å². The van der Waals surface area contributed by atoms with Crippen molar-refractivity contribution in [1.29, 1.82) is 0 Å². The lowest BCUT2D eigenvalue weighted by Crippen LogP contribution is -2.30. The van der Waals surface area contributed by atoms with E-state index in [0.717, 1.165) is 18.2 Å². The molecule has 118 valence electrons. The van der Waals surface area contributed by atoms with Crippen LogP contribution in [0.1, 0.15) is 51.1 Å². The molecule has 1 aliphatic rings. The monoisotopic (exact) mass is 291 g/mol. The van der Waals surface area contributed by atoms with Crippen LogP contribution in [0.4, 0.5) is 0 Å². The molecule has 0 aromatic heterocycles. The summed E-state index contributed by atoms with van der Waals surface area (Å²) in [5.74, 6) is 1.73. The predicted molar refractivity (Wildman–Crippen MR) is 86.8 cm³/mol. The zero-order valence-electron chi connectivity index (χ0n) is 13.6. The van der Waals surface area contributed by atoms with Crippen molar-refractivity contribution in [3.05, 3.63) is 29.8 Å². The second-order valence-electron chi connectivity index (χ2n) is 6.08. The first-order valence-corrected chi connectivity index (χ1v) is 8.22. The fourth-order valence-electron chi connectivity index (χ4n) is 3.22. The molecule has 0 amide bonds. The number of ether oxygens (including phenoxy) is 2. The minimum absolute atomic E-state index is 0.198. The minimum Gasteiger partial charge on any atom is -0.496 e. The van der Waals surface area contributed by atoms with Crippen LogP contribution >= 0.6 is 0 Å². The number of methoxy groups -OCH3 is 1. The van der Waals surface area contributed by atoms with Crippen LogP contribution in [-0.4, -0.2) is 26.4 Å². The molecule has 1 saturated carbocycles. The summed E-state index contributed by atoms with van der Waals surface area (Å²) in [7, 11) is 1.73. The number of nitrogens with one attached hydrogen (secondary N) is 1. The first-order valence-electron chi connectivity index (χ1n) is 8.22. The van der Waals surface area contributed by atoms with E-state index in [0.29, 0.717) is 12.7 Å². The van der Waals surface area contributed by atoms with Gasteiger partial charge in [0.2, 0.25) is 0 Å². The fourth-order valence-corrected chi connectivity index (χ4v) is 3.22. The second kappa shape index (κ2) is 8.40. The van der Waals surface area contributed by atoms with E-state index in [9.17, 15) is 0 Å². The van der Waals surface area contributed by atoms with Crippen LogP contribution < -0.4 is 10.1 Å². The SMILES string of the molecule is CCNC(COC1CCCC(C)C1)c1ccccc1OC. The number of para-hydroxylation sites is 1. The Kier molecular flexibility index (Phi) is 6.52. The van der Waals surface area contributed by atoms with Gasteiger partial charge in [-0.3, -0.25) is 0 Å². The van der Waals surface area contributed by atoms with Gasteiger partial charge in [-0.05, 0) is 31.4 Å². The van der Waals surface area contributed by atoms with Crippen molar-refractivity contribution >= 4 is 0 Å². The van der Waals surface area contributed by atoms with Crippen molar-refractivity contribution in [3.63, 3.8) is 0 Å². The average Bonchev–Trinajstić information content (AvgIpc) is 2.51. The fraction of sp³-hybridized carbons (Fsp3) is 0.667. The first-order chi connectivity index (χ1) is 10.2. The third-order valence-electron chi connectivity index (χ3n) is 4.35. The topological polar surface area (TPSA) is 30.5 Å². The van der Waals surface area contributed by atoms with Gasteiger partial charge in [0.05, 0.1) is 25.9 Å². The highest BCUT2D eigenvalue weighted by Crippen LogP contribution is 2.29. The molecule has 21 heavy (non-hydrogen) atoms. The quantitative estimate of drug-likeness (QED) is 0.825. The van der Waals surface area contributed by atoms with Gasteiger partial charge >= 0.3 is 0 Å². The minimum atomic E-state index is 0.198. The molecule has 1 aliphatic carbocycles. The molecule has 0 heterocycles. The molecule has 3 nitrogen and oxygen atoms in total. The molecule has 3 unspecified atom stereocenters. The number of hydrogen-bond donors (Lipinski definition) is 1. The summed E-state index contributed by atoms with van der Waals surface area (Å²) in [6.45, 7) is 6.10. The van der Waals surface area contributed by atoms with Crippen LogP contribution in [0.25, 0.3) is 0 Å². The van der Waals surface area contributed by atoms with E-state index >= 15 is 0 Å². The Morgan fingerprint density at radius 2 is 2.10 bits per heavy atom. The molecule has 3 atom stereocenters. The maximum absolute atomic E-state index is 6.20. The Morgan fingerprint density at radius 3 is 2.81 bits per heavy atom. The van der Waals surface area contributed by atoms with E-state index < -0.39 is 0 Å². The standard InChI is InChI=1S/C18H29NO2/c1-4-19-17(16-10-5-6-11-18(16)20-3)13-21-15-9-7-8-14(2)12-15/h5-6,10-11,14-15,17,19H,4,7-9,12-13H2,1-3H3. The van der Waals surface area contributed by atoms with Gasteiger partial charge in [-0.1, -0.05) is 44.9 Å². The number of likely N-dealkylation sites (N-methyl/N-ethyl adjacent to an activating group) is 1. The van der Waals surface area contributed by atoms with E-state index in [2.05, 4.69) is 31.3 Å². The molecule has 0 bridgehead atoms. The van der Waals surface area contributed by atoms with Crippen LogP contribution in [0.3, 0.4) is 0 Å². The summed E-state index contributed by atoms with van der Waals surface area (Å²) in [6.07, 6.45) is 5.47. The third kappa shape index (κ3) is 4.72. The molecule has 1 aromatic rings. The maximum atomic E-state index is 6.20. The van der Waals surface area contributed by atoms with Crippen LogP contribution in [0.2, 0.25) is 0 Å². The molecule has 1 aromatic carbocycles. The highest BCUT2D eigenvalue weighted by atomic mass is 16.5. The highest BCUT2D eigenvalue weighted by molar-refractivity contribution is 5.35. The Hall–Kier alpha value is -1.06. The van der Waals surface area contributed by atoms with Crippen LogP contribution in [0.15, 0.2) is 24.3 Å². The van der Waals surface area contributed by atoms with Crippen molar-refractivity contribution in [2.24, 2.45) is 5.92 Å².